The van der Waals surface area contributed by atoms with Crippen molar-refractivity contribution >= 4 is 0 Å². The lowest BCUT2D eigenvalue weighted by Crippen LogP contribution is -2.52. The first-order valence-electron chi connectivity index (χ1n) is 8.27. The van der Waals surface area contributed by atoms with Gasteiger partial charge in [0.15, 0.2) is 0 Å². The highest BCUT2D eigenvalue weighted by atomic mass is 15.3. The maximum Gasteiger partial charge on any atom is 0.147 e. The van der Waals surface area contributed by atoms with Crippen LogP contribution in [0.5, 0.6) is 0 Å². The number of nitrogens with zero attached hydrogens (tertiary/aromatic N) is 3. The molecule has 0 atom stereocenters. The van der Waals surface area contributed by atoms with Crippen molar-refractivity contribution in [3.8, 4) is 0 Å². The van der Waals surface area contributed by atoms with Crippen LogP contribution in [0.1, 0.15) is 58.2 Å². The zero-order valence-electron chi connectivity index (χ0n) is 12.7. The van der Waals surface area contributed by atoms with Crippen LogP contribution >= 0.6 is 0 Å². The highest BCUT2D eigenvalue weighted by Crippen LogP contribution is 2.58. The topological polar surface area (TPSA) is 42.7 Å². The van der Waals surface area contributed by atoms with E-state index < -0.39 is 0 Å². The Hall–Kier alpha value is -0.900. The summed E-state index contributed by atoms with van der Waals surface area (Å²) in [7, 11) is 0. The molecular formula is C16H26N4. The normalized spacial score (nSPS) is 38.9. The van der Waals surface area contributed by atoms with Gasteiger partial charge in [-0.1, -0.05) is 13.8 Å². The second-order valence-electron chi connectivity index (χ2n) is 7.79. The average molecular weight is 274 g/mol. The van der Waals surface area contributed by atoms with Gasteiger partial charge in [0.05, 0.1) is 6.54 Å². The summed E-state index contributed by atoms with van der Waals surface area (Å²) < 4.78 is 2.45. The van der Waals surface area contributed by atoms with Gasteiger partial charge < -0.3 is 9.88 Å². The quantitative estimate of drug-likeness (QED) is 0.918. The van der Waals surface area contributed by atoms with Gasteiger partial charge in [-0.05, 0) is 56.3 Å². The summed E-state index contributed by atoms with van der Waals surface area (Å²) in [5.74, 6) is 4.04. The van der Waals surface area contributed by atoms with Crippen LogP contribution in [-0.2, 0) is 12.1 Å². The standard InChI is InChI=1S/C16H26N4/c1-11(2)17-9-15-19-18-10-20(15)16-6-12-3-13(7-16)5-14(4-12)8-16/h10-14,17H,3-9H2,1-2H3. The van der Waals surface area contributed by atoms with Crippen LogP contribution in [0.2, 0.25) is 0 Å². The lowest BCUT2D eigenvalue weighted by atomic mass is 9.53. The molecule has 0 aromatic carbocycles. The highest BCUT2D eigenvalue weighted by molar-refractivity contribution is 5.08. The summed E-state index contributed by atoms with van der Waals surface area (Å²) in [5, 5.41) is 12.1. The molecule has 4 heteroatoms. The monoisotopic (exact) mass is 274 g/mol. The molecule has 0 saturated heterocycles. The molecule has 1 N–H and O–H groups in total. The zero-order valence-corrected chi connectivity index (χ0v) is 12.7. The van der Waals surface area contributed by atoms with Crippen LogP contribution in [-0.4, -0.2) is 20.8 Å². The molecule has 4 nitrogen and oxygen atoms in total. The third kappa shape index (κ3) is 2.00. The van der Waals surface area contributed by atoms with Crippen LogP contribution in [0, 0.1) is 17.8 Å². The minimum Gasteiger partial charge on any atom is -0.310 e. The van der Waals surface area contributed by atoms with E-state index in [0.717, 1.165) is 30.1 Å². The smallest absolute Gasteiger partial charge is 0.147 e. The van der Waals surface area contributed by atoms with E-state index in [1.165, 1.54) is 38.5 Å². The Kier molecular flexibility index (Phi) is 2.92. The molecule has 4 fully saturated rings. The Balaban J connectivity index is 1.62. The van der Waals surface area contributed by atoms with E-state index in [4.69, 9.17) is 0 Å². The molecule has 1 aromatic heterocycles. The number of rotatable bonds is 4. The van der Waals surface area contributed by atoms with Crippen molar-refractivity contribution in [1.82, 2.24) is 20.1 Å². The van der Waals surface area contributed by atoms with Crippen molar-refractivity contribution in [2.24, 2.45) is 17.8 Å². The van der Waals surface area contributed by atoms with Crippen LogP contribution in [0.15, 0.2) is 6.33 Å². The third-order valence-electron chi connectivity index (χ3n) is 5.80. The Morgan fingerprint density at radius 3 is 2.35 bits per heavy atom. The molecule has 0 unspecified atom stereocenters. The van der Waals surface area contributed by atoms with Gasteiger partial charge >= 0.3 is 0 Å². The SMILES string of the molecule is CC(C)NCc1nncn1C12CC3CC(CC(C3)C1)C2. The molecule has 1 heterocycles. The largest absolute Gasteiger partial charge is 0.310 e. The summed E-state index contributed by atoms with van der Waals surface area (Å²) in [6, 6.07) is 0.497. The Morgan fingerprint density at radius 2 is 1.80 bits per heavy atom. The fourth-order valence-electron chi connectivity index (χ4n) is 5.43. The highest BCUT2D eigenvalue weighted by Gasteiger charge is 2.52. The van der Waals surface area contributed by atoms with Gasteiger partial charge in [-0.25, -0.2) is 0 Å². The summed E-state index contributed by atoms with van der Waals surface area (Å²) in [5.41, 5.74) is 0.353. The lowest BCUT2D eigenvalue weighted by molar-refractivity contribution is -0.0447. The van der Waals surface area contributed by atoms with Crippen molar-refractivity contribution in [2.45, 2.75) is 70.5 Å². The van der Waals surface area contributed by atoms with Gasteiger partial charge in [0.25, 0.3) is 0 Å². The van der Waals surface area contributed by atoms with Gasteiger partial charge in [-0.3, -0.25) is 0 Å². The predicted molar refractivity (Wildman–Crippen MR) is 78.1 cm³/mol. The molecule has 4 aliphatic rings. The summed E-state index contributed by atoms with van der Waals surface area (Å²) in [6.07, 6.45) is 10.6. The molecule has 0 radical (unpaired) electrons. The van der Waals surface area contributed by atoms with E-state index >= 15 is 0 Å². The Bertz CT molecular complexity index is 455. The molecule has 4 bridgehead atoms. The fraction of sp³-hybridized carbons (Fsp3) is 0.875. The van der Waals surface area contributed by atoms with E-state index in [0.29, 0.717) is 11.6 Å². The Labute approximate surface area is 121 Å². The van der Waals surface area contributed by atoms with Gasteiger partial charge in [-0.2, -0.15) is 0 Å². The fourth-order valence-corrected chi connectivity index (χ4v) is 5.43. The second kappa shape index (κ2) is 4.55. The van der Waals surface area contributed by atoms with Crippen molar-refractivity contribution < 1.29 is 0 Å². The van der Waals surface area contributed by atoms with Gasteiger partial charge in [0.1, 0.15) is 12.2 Å². The molecule has 4 saturated carbocycles. The van der Waals surface area contributed by atoms with Crippen LogP contribution in [0.25, 0.3) is 0 Å². The van der Waals surface area contributed by atoms with Crippen LogP contribution in [0.3, 0.4) is 0 Å². The minimum absolute atomic E-state index is 0.353. The lowest BCUT2D eigenvalue weighted by Gasteiger charge is -2.57. The van der Waals surface area contributed by atoms with Crippen molar-refractivity contribution in [1.29, 1.82) is 0 Å². The van der Waals surface area contributed by atoms with Crippen molar-refractivity contribution in [2.75, 3.05) is 0 Å². The van der Waals surface area contributed by atoms with Gasteiger partial charge in [-0.15, -0.1) is 10.2 Å². The van der Waals surface area contributed by atoms with Gasteiger partial charge in [0.2, 0.25) is 0 Å². The number of aromatic nitrogens is 3. The maximum atomic E-state index is 4.40. The molecule has 1 aromatic rings. The molecule has 4 aliphatic carbocycles. The number of hydrogen-bond donors (Lipinski definition) is 1. The summed E-state index contributed by atoms with van der Waals surface area (Å²) in [4.78, 5) is 0. The number of nitrogens with one attached hydrogen (secondary N) is 1. The van der Waals surface area contributed by atoms with Crippen LogP contribution in [0.4, 0.5) is 0 Å². The molecule has 0 aliphatic heterocycles. The molecule has 0 spiro atoms. The van der Waals surface area contributed by atoms with E-state index in [1.807, 2.05) is 6.33 Å². The molecule has 5 rings (SSSR count). The van der Waals surface area contributed by atoms with Crippen LogP contribution < -0.4 is 5.32 Å². The first-order chi connectivity index (χ1) is 9.64. The molecule has 0 amide bonds. The van der Waals surface area contributed by atoms with E-state index in [2.05, 4.69) is 33.9 Å². The van der Waals surface area contributed by atoms with Gasteiger partial charge in [0, 0.05) is 11.6 Å². The molecular weight excluding hydrogens is 248 g/mol. The van der Waals surface area contributed by atoms with E-state index in [9.17, 15) is 0 Å². The van der Waals surface area contributed by atoms with Crippen molar-refractivity contribution in [3.63, 3.8) is 0 Å². The van der Waals surface area contributed by atoms with E-state index in [1.54, 1.807) is 0 Å². The molecule has 20 heavy (non-hydrogen) atoms. The molecule has 110 valence electrons. The summed E-state index contributed by atoms with van der Waals surface area (Å²) >= 11 is 0. The minimum atomic E-state index is 0.353. The first kappa shape index (κ1) is 12.8. The average Bonchev–Trinajstić information content (AvgIpc) is 2.83. The van der Waals surface area contributed by atoms with E-state index in [-0.39, 0.29) is 0 Å². The predicted octanol–water partition coefficient (Wildman–Crippen LogP) is 2.70. The first-order valence-corrected chi connectivity index (χ1v) is 8.27. The second-order valence-corrected chi connectivity index (χ2v) is 7.79. The zero-order chi connectivity index (χ0) is 13.7. The summed E-state index contributed by atoms with van der Waals surface area (Å²) in [6.45, 7) is 5.22. The Morgan fingerprint density at radius 1 is 1.20 bits per heavy atom. The van der Waals surface area contributed by atoms with Crippen molar-refractivity contribution in [3.05, 3.63) is 12.2 Å². The maximum absolute atomic E-state index is 4.40. The third-order valence-corrected chi connectivity index (χ3v) is 5.80. The number of hydrogen-bond acceptors (Lipinski definition) is 3.